The van der Waals surface area contributed by atoms with E-state index in [-0.39, 0.29) is 5.54 Å². The quantitative estimate of drug-likeness (QED) is 0.869. The van der Waals surface area contributed by atoms with Crippen LogP contribution in [0, 0.1) is 0 Å². The Kier molecular flexibility index (Phi) is 3.67. The normalized spacial score (nSPS) is 16.5. The number of nitrogens with zero attached hydrogens (tertiary/aromatic N) is 2. The summed E-state index contributed by atoms with van der Waals surface area (Å²) < 4.78 is 0. The van der Waals surface area contributed by atoms with Gasteiger partial charge in [0.15, 0.2) is 0 Å². The van der Waals surface area contributed by atoms with Crippen LogP contribution in [-0.4, -0.2) is 23.6 Å². The van der Waals surface area contributed by atoms with Gasteiger partial charge >= 0.3 is 0 Å². The molecule has 17 heavy (non-hydrogen) atoms. The summed E-state index contributed by atoms with van der Waals surface area (Å²) in [5.41, 5.74) is 1.48. The Balaban J connectivity index is 2.01. The van der Waals surface area contributed by atoms with E-state index in [0.29, 0.717) is 0 Å². The fourth-order valence-electron chi connectivity index (χ4n) is 2.06. The van der Waals surface area contributed by atoms with Crippen molar-refractivity contribution in [3.8, 4) is 0 Å². The van der Waals surface area contributed by atoms with Gasteiger partial charge in [0, 0.05) is 31.4 Å². The summed E-state index contributed by atoms with van der Waals surface area (Å²) >= 11 is 0. The fraction of sp³-hybridized carbons (Fsp3) is 0.643. The van der Waals surface area contributed by atoms with Crippen molar-refractivity contribution in [1.29, 1.82) is 0 Å². The number of hydrogen-bond donors (Lipinski definition) is 1. The molecule has 2 rings (SSSR count). The molecule has 3 nitrogen and oxygen atoms in total. The van der Waals surface area contributed by atoms with Crippen molar-refractivity contribution in [3.05, 3.63) is 23.9 Å². The second kappa shape index (κ2) is 5.05. The lowest BCUT2D eigenvalue weighted by Crippen LogP contribution is -2.35. The Labute approximate surface area is 104 Å². The molecule has 0 unspecified atom stereocenters. The first-order valence-electron chi connectivity index (χ1n) is 6.49. The number of hydrogen-bond acceptors (Lipinski definition) is 3. The van der Waals surface area contributed by atoms with Crippen molar-refractivity contribution in [2.75, 3.05) is 18.0 Å². The molecule has 94 valence electrons. The monoisotopic (exact) mass is 233 g/mol. The minimum atomic E-state index is 0.164. The largest absolute Gasteiger partial charge is 0.357 e. The van der Waals surface area contributed by atoms with E-state index in [1.54, 1.807) is 0 Å². The van der Waals surface area contributed by atoms with E-state index in [2.05, 4.69) is 48.1 Å². The molecule has 1 N–H and O–H groups in total. The average molecular weight is 233 g/mol. The molecule has 1 aliphatic heterocycles. The van der Waals surface area contributed by atoms with Crippen LogP contribution >= 0.6 is 0 Å². The number of rotatable bonds is 3. The SMILES string of the molecule is CC(C)(C)NCc1ccnc(N2CCCC2)c1. The van der Waals surface area contributed by atoms with Crippen LogP contribution in [0.5, 0.6) is 0 Å². The Bertz CT molecular complexity index is 362. The molecule has 1 aromatic rings. The first-order valence-corrected chi connectivity index (χ1v) is 6.49. The molecule has 0 radical (unpaired) electrons. The van der Waals surface area contributed by atoms with Gasteiger partial charge < -0.3 is 10.2 Å². The van der Waals surface area contributed by atoms with E-state index < -0.39 is 0 Å². The highest BCUT2D eigenvalue weighted by Crippen LogP contribution is 2.18. The lowest BCUT2D eigenvalue weighted by molar-refractivity contribution is 0.424. The summed E-state index contributed by atoms with van der Waals surface area (Å²) in [5, 5.41) is 3.51. The molecule has 0 spiro atoms. The molecule has 1 aliphatic rings. The van der Waals surface area contributed by atoms with Crippen molar-refractivity contribution >= 4 is 5.82 Å². The molecule has 1 saturated heterocycles. The maximum Gasteiger partial charge on any atom is 0.128 e. The van der Waals surface area contributed by atoms with Crippen molar-refractivity contribution in [1.82, 2.24) is 10.3 Å². The number of aromatic nitrogens is 1. The van der Waals surface area contributed by atoms with Crippen LogP contribution in [-0.2, 0) is 6.54 Å². The zero-order valence-electron chi connectivity index (χ0n) is 11.2. The van der Waals surface area contributed by atoms with Gasteiger partial charge in [0.25, 0.3) is 0 Å². The molecule has 2 heterocycles. The molecule has 0 atom stereocenters. The molecule has 3 heteroatoms. The number of anilines is 1. The van der Waals surface area contributed by atoms with Crippen LogP contribution in [0.1, 0.15) is 39.2 Å². The maximum atomic E-state index is 4.46. The summed E-state index contributed by atoms with van der Waals surface area (Å²) in [6.45, 7) is 9.79. The predicted octanol–water partition coefficient (Wildman–Crippen LogP) is 2.57. The zero-order valence-corrected chi connectivity index (χ0v) is 11.2. The molecule has 0 amide bonds. The highest BCUT2D eigenvalue weighted by atomic mass is 15.2. The van der Waals surface area contributed by atoms with Crippen molar-refractivity contribution in [3.63, 3.8) is 0 Å². The summed E-state index contributed by atoms with van der Waals surface area (Å²) in [6, 6.07) is 4.31. The van der Waals surface area contributed by atoms with E-state index in [1.165, 1.54) is 18.4 Å². The van der Waals surface area contributed by atoms with Crippen LogP contribution in [0.4, 0.5) is 5.82 Å². The van der Waals surface area contributed by atoms with E-state index in [1.807, 2.05) is 6.20 Å². The first kappa shape index (κ1) is 12.4. The third-order valence-electron chi connectivity index (χ3n) is 3.06. The average Bonchev–Trinajstić information content (AvgIpc) is 2.79. The zero-order chi connectivity index (χ0) is 12.3. The van der Waals surface area contributed by atoms with Crippen LogP contribution in [0.25, 0.3) is 0 Å². The summed E-state index contributed by atoms with van der Waals surface area (Å²) in [7, 11) is 0. The Morgan fingerprint density at radius 1 is 1.29 bits per heavy atom. The molecular formula is C14H23N3. The minimum Gasteiger partial charge on any atom is -0.357 e. The van der Waals surface area contributed by atoms with Gasteiger partial charge in [-0.2, -0.15) is 0 Å². The fourth-order valence-corrected chi connectivity index (χ4v) is 2.06. The standard InChI is InChI=1S/C14H23N3/c1-14(2,3)16-11-12-6-7-15-13(10-12)17-8-4-5-9-17/h6-7,10,16H,4-5,8-9,11H2,1-3H3. The van der Waals surface area contributed by atoms with Gasteiger partial charge in [-0.25, -0.2) is 4.98 Å². The van der Waals surface area contributed by atoms with Gasteiger partial charge in [-0.3, -0.25) is 0 Å². The molecule has 0 saturated carbocycles. The smallest absolute Gasteiger partial charge is 0.128 e. The number of nitrogens with one attached hydrogen (secondary N) is 1. The van der Waals surface area contributed by atoms with Gasteiger partial charge in [0.2, 0.25) is 0 Å². The lowest BCUT2D eigenvalue weighted by atomic mass is 10.1. The third kappa shape index (κ3) is 3.70. The minimum absolute atomic E-state index is 0.164. The van der Waals surface area contributed by atoms with Gasteiger partial charge in [-0.15, -0.1) is 0 Å². The third-order valence-corrected chi connectivity index (χ3v) is 3.06. The topological polar surface area (TPSA) is 28.2 Å². The molecular weight excluding hydrogens is 210 g/mol. The van der Waals surface area contributed by atoms with Gasteiger partial charge in [0.1, 0.15) is 5.82 Å². The molecule has 0 aromatic carbocycles. The molecule has 1 fully saturated rings. The first-order chi connectivity index (χ1) is 8.04. The van der Waals surface area contributed by atoms with Crippen molar-refractivity contribution < 1.29 is 0 Å². The molecule has 0 bridgehead atoms. The summed E-state index contributed by atoms with van der Waals surface area (Å²) in [4.78, 5) is 6.84. The molecule has 0 aliphatic carbocycles. The van der Waals surface area contributed by atoms with Crippen LogP contribution < -0.4 is 10.2 Å². The van der Waals surface area contributed by atoms with Crippen LogP contribution in [0.15, 0.2) is 18.3 Å². The second-order valence-electron chi connectivity index (χ2n) is 5.82. The Hall–Kier alpha value is -1.09. The molecule has 1 aromatic heterocycles. The highest BCUT2D eigenvalue weighted by Gasteiger charge is 2.14. The van der Waals surface area contributed by atoms with Crippen LogP contribution in [0.2, 0.25) is 0 Å². The summed E-state index contributed by atoms with van der Waals surface area (Å²) in [6.07, 6.45) is 4.52. The van der Waals surface area contributed by atoms with Crippen LogP contribution in [0.3, 0.4) is 0 Å². The van der Waals surface area contributed by atoms with Crippen molar-refractivity contribution in [2.45, 2.75) is 45.7 Å². The Morgan fingerprint density at radius 2 is 2.00 bits per heavy atom. The summed E-state index contributed by atoms with van der Waals surface area (Å²) in [5.74, 6) is 1.13. The predicted molar refractivity (Wildman–Crippen MR) is 72.3 cm³/mol. The number of pyridine rings is 1. The lowest BCUT2D eigenvalue weighted by Gasteiger charge is -2.21. The second-order valence-corrected chi connectivity index (χ2v) is 5.82. The van der Waals surface area contributed by atoms with Gasteiger partial charge in [0.05, 0.1) is 0 Å². The van der Waals surface area contributed by atoms with Gasteiger partial charge in [-0.05, 0) is 51.3 Å². The maximum absolute atomic E-state index is 4.46. The Morgan fingerprint density at radius 3 is 2.65 bits per heavy atom. The van der Waals surface area contributed by atoms with E-state index in [9.17, 15) is 0 Å². The van der Waals surface area contributed by atoms with E-state index in [4.69, 9.17) is 0 Å². The van der Waals surface area contributed by atoms with Crippen molar-refractivity contribution in [2.24, 2.45) is 0 Å². The van der Waals surface area contributed by atoms with E-state index >= 15 is 0 Å². The highest BCUT2D eigenvalue weighted by molar-refractivity contribution is 5.41. The van der Waals surface area contributed by atoms with Gasteiger partial charge in [-0.1, -0.05) is 0 Å². The van der Waals surface area contributed by atoms with E-state index in [0.717, 1.165) is 25.5 Å².